The quantitative estimate of drug-likeness (QED) is 0.660. The lowest BCUT2D eigenvalue weighted by Crippen LogP contribution is -2.40. The molecule has 1 aliphatic heterocycles. The first kappa shape index (κ1) is 19.4. The molecule has 3 aromatic rings. The number of likely N-dealkylation sites (tertiary alicyclic amines) is 1. The van der Waals surface area contributed by atoms with Crippen LogP contribution in [-0.4, -0.2) is 30.4 Å². The van der Waals surface area contributed by atoms with Crippen LogP contribution in [0.2, 0.25) is 0 Å². The summed E-state index contributed by atoms with van der Waals surface area (Å²) in [5.41, 5.74) is 2.87. The average molecular weight is 392 g/mol. The summed E-state index contributed by atoms with van der Waals surface area (Å²) >= 11 is 0. The monoisotopic (exact) mass is 392 g/mol. The largest absolute Gasteiger partial charge is 0.464 e. The number of rotatable bonds is 6. The molecule has 1 saturated heterocycles. The Morgan fingerprint density at radius 3 is 2.72 bits per heavy atom. The lowest BCUT2D eigenvalue weighted by Gasteiger charge is -2.33. The smallest absolute Gasteiger partial charge is 0.251 e. The van der Waals surface area contributed by atoms with Gasteiger partial charge >= 0.3 is 0 Å². The minimum atomic E-state index is -0.334. The van der Waals surface area contributed by atoms with Crippen LogP contribution >= 0.6 is 0 Å². The molecule has 150 valence electrons. The Kier molecular flexibility index (Phi) is 6.06. The van der Waals surface area contributed by atoms with Crippen LogP contribution in [0, 0.1) is 11.7 Å². The van der Waals surface area contributed by atoms with Crippen LogP contribution in [0.3, 0.4) is 0 Å². The number of nitrogens with zero attached hydrogens (tertiary/aromatic N) is 1. The SMILES string of the molecule is O=C(NC[C@H]1CCCN(Cc2ccccc2-c2ccco2)C1)c1ccc(F)cc1. The summed E-state index contributed by atoms with van der Waals surface area (Å²) in [7, 11) is 0. The summed E-state index contributed by atoms with van der Waals surface area (Å²) in [4.78, 5) is 14.7. The van der Waals surface area contributed by atoms with E-state index in [0.29, 0.717) is 18.0 Å². The zero-order valence-electron chi connectivity index (χ0n) is 16.3. The molecule has 0 unspecified atom stereocenters. The first-order valence-electron chi connectivity index (χ1n) is 10.1. The van der Waals surface area contributed by atoms with Crippen molar-refractivity contribution in [3.63, 3.8) is 0 Å². The molecule has 0 bridgehead atoms. The van der Waals surface area contributed by atoms with Crippen molar-refractivity contribution in [1.29, 1.82) is 0 Å². The lowest BCUT2D eigenvalue weighted by atomic mass is 9.96. The van der Waals surface area contributed by atoms with Gasteiger partial charge in [0.15, 0.2) is 0 Å². The summed E-state index contributed by atoms with van der Waals surface area (Å²) in [5.74, 6) is 0.814. The van der Waals surface area contributed by atoms with Gasteiger partial charge in [-0.25, -0.2) is 4.39 Å². The van der Waals surface area contributed by atoms with E-state index < -0.39 is 0 Å². The van der Waals surface area contributed by atoms with Gasteiger partial charge in [-0.2, -0.15) is 0 Å². The van der Waals surface area contributed by atoms with Gasteiger partial charge in [-0.1, -0.05) is 24.3 Å². The summed E-state index contributed by atoms with van der Waals surface area (Å²) in [6, 6.07) is 17.9. The number of carbonyl (C=O) groups is 1. The Morgan fingerprint density at radius 2 is 1.93 bits per heavy atom. The normalized spacial score (nSPS) is 17.2. The zero-order valence-corrected chi connectivity index (χ0v) is 16.3. The van der Waals surface area contributed by atoms with Crippen molar-refractivity contribution in [3.05, 3.63) is 83.9 Å². The van der Waals surface area contributed by atoms with Gasteiger partial charge in [0.1, 0.15) is 11.6 Å². The molecule has 2 heterocycles. The van der Waals surface area contributed by atoms with E-state index in [9.17, 15) is 9.18 Å². The van der Waals surface area contributed by atoms with E-state index in [2.05, 4.69) is 28.4 Å². The zero-order chi connectivity index (χ0) is 20.1. The highest BCUT2D eigenvalue weighted by Gasteiger charge is 2.22. The molecule has 0 aliphatic carbocycles. The Morgan fingerprint density at radius 1 is 1.10 bits per heavy atom. The number of hydrogen-bond acceptors (Lipinski definition) is 3. The number of amides is 1. The topological polar surface area (TPSA) is 45.5 Å². The minimum Gasteiger partial charge on any atom is -0.464 e. The van der Waals surface area contributed by atoms with Crippen LogP contribution in [0.1, 0.15) is 28.8 Å². The Hall–Kier alpha value is -2.92. The Labute approximate surface area is 170 Å². The number of carbonyl (C=O) groups excluding carboxylic acids is 1. The number of furan rings is 1. The Bertz CT molecular complexity index is 938. The van der Waals surface area contributed by atoms with Crippen molar-refractivity contribution in [2.75, 3.05) is 19.6 Å². The third-order valence-corrected chi connectivity index (χ3v) is 5.46. The van der Waals surface area contributed by atoms with E-state index in [4.69, 9.17) is 4.42 Å². The molecule has 1 amide bonds. The molecule has 5 heteroatoms. The third kappa shape index (κ3) is 4.93. The van der Waals surface area contributed by atoms with E-state index >= 15 is 0 Å². The van der Waals surface area contributed by atoms with Crippen LogP contribution in [0.5, 0.6) is 0 Å². The molecule has 1 fully saturated rings. The third-order valence-electron chi connectivity index (χ3n) is 5.46. The van der Waals surface area contributed by atoms with Crippen molar-refractivity contribution in [1.82, 2.24) is 10.2 Å². The fraction of sp³-hybridized carbons (Fsp3) is 0.292. The second-order valence-corrected chi connectivity index (χ2v) is 7.59. The average Bonchev–Trinajstić information content (AvgIpc) is 3.28. The van der Waals surface area contributed by atoms with Crippen LogP contribution < -0.4 is 5.32 Å². The molecular formula is C24H25FN2O2. The molecule has 4 rings (SSSR count). The molecule has 29 heavy (non-hydrogen) atoms. The first-order chi connectivity index (χ1) is 14.2. The lowest BCUT2D eigenvalue weighted by molar-refractivity contribution is 0.0930. The maximum atomic E-state index is 13.0. The van der Waals surface area contributed by atoms with Crippen molar-refractivity contribution in [2.24, 2.45) is 5.92 Å². The van der Waals surface area contributed by atoms with Crippen molar-refractivity contribution >= 4 is 5.91 Å². The molecule has 0 saturated carbocycles. The molecule has 0 spiro atoms. The standard InChI is InChI=1S/C24H25FN2O2/c25-21-11-9-19(10-12-21)24(28)26-15-18-5-3-13-27(16-18)17-20-6-1-2-7-22(20)23-8-4-14-29-23/h1-2,4,6-12,14,18H,3,5,13,15-17H2,(H,26,28)/t18-/m1/s1. The molecule has 1 aromatic heterocycles. The summed E-state index contributed by atoms with van der Waals surface area (Å²) < 4.78 is 18.6. The number of hydrogen-bond donors (Lipinski definition) is 1. The molecule has 4 nitrogen and oxygen atoms in total. The van der Waals surface area contributed by atoms with Crippen LogP contribution in [0.15, 0.2) is 71.3 Å². The maximum Gasteiger partial charge on any atom is 0.251 e. The number of nitrogens with one attached hydrogen (secondary N) is 1. The van der Waals surface area contributed by atoms with Crippen molar-refractivity contribution in [2.45, 2.75) is 19.4 Å². The van der Waals surface area contributed by atoms with E-state index in [1.54, 1.807) is 6.26 Å². The van der Waals surface area contributed by atoms with Crippen molar-refractivity contribution < 1.29 is 13.6 Å². The van der Waals surface area contributed by atoms with Gasteiger partial charge < -0.3 is 9.73 Å². The van der Waals surface area contributed by atoms with Crippen LogP contribution in [0.25, 0.3) is 11.3 Å². The first-order valence-corrected chi connectivity index (χ1v) is 10.1. The van der Waals surface area contributed by atoms with Gasteiger partial charge in [-0.05, 0) is 67.3 Å². The second-order valence-electron chi connectivity index (χ2n) is 7.59. The molecule has 0 radical (unpaired) electrons. The fourth-order valence-corrected chi connectivity index (χ4v) is 3.97. The van der Waals surface area contributed by atoms with Gasteiger partial charge in [0, 0.05) is 30.8 Å². The van der Waals surface area contributed by atoms with Gasteiger partial charge in [0.25, 0.3) is 5.91 Å². The molecule has 1 aliphatic rings. The summed E-state index contributed by atoms with van der Waals surface area (Å²) in [6.45, 7) is 3.48. The van der Waals surface area contributed by atoms with Gasteiger partial charge in [-0.15, -0.1) is 0 Å². The van der Waals surface area contributed by atoms with E-state index in [1.165, 1.54) is 29.8 Å². The summed E-state index contributed by atoms with van der Waals surface area (Å²) in [5, 5.41) is 3.00. The number of halogens is 1. The predicted octanol–water partition coefficient (Wildman–Crippen LogP) is 4.73. The maximum absolute atomic E-state index is 13.0. The van der Waals surface area contributed by atoms with Crippen LogP contribution in [0.4, 0.5) is 4.39 Å². The van der Waals surface area contributed by atoms with Crippen molar-refractivity contribution in [3.8, 4) is 11.3 Å². The summed E-state index contributed by atoms with van der Waals surface area (Å²) in [6.07, 6.45) is 3.91. The second kappa shape index (κ2) is 9.05. The van der Waals surface area contributed by atoms with Gasteiger partial charge in [0.2, 0.25) is 0 Å². The van der Waals surface area contributed by atoms with Gasteiger partial charge in [0.05, 0.1) is 6.26 Å². The minimum absolute atomic E-state index is 0.148. The fourth-order valence-electron chi connectivity index (χ4n) is 3.97. The predicted molar refractivity (Wildman–Crippen MR) is 111 cm³/mol. The number of piperidine rings is 1. The number of benzene rings is 2. The highest BCUT2D eigenvalue weighted by molar-refractivity contribution is 5.94. The highest BCUT2D eigenvalue weighted by atomic mass is 19.1. The van der Waals surface area contributed by atoms with E-state index in [1.807, 2.05) is 18.2 Å². The molecular weight excluding hydrogens is 367 g/mol. The molecule has 1 atom stereocenters. The highest BCUT2D eigenvalue weighted by Crippen LogP contribution is 2.26. The Balaban J connectivity index is 1.34. The van der Waals surface area contributed by atoms with E-state index in [-0.39, 0.29) is 11.7 Å². The molecule has 1 N–H and O–H groups in total. The molecule has 2 aromatic carbocycles. The van der Waals surface area contributed by atoms with E-state index in [0.717, 1.165) is 43.8 Å². The van der Waals surface area contributed by atoms with Gasteiger partial charge in [-0.3, -0.25) is 9.69 Å². The van der Waals surface area contributed by atoms with Crippen LogP contribution in [-0.2, 0) is 6.54 Å².